The Kier molecular flexibility index (Phi) is 6.07. The highest BCUT2D eigenvalue weighted by Crippen LogP contribution is 2.54. The Morgan fingerprint density at radius 2 is 0.891 bits per heavy atom. The molecule has 228 valence electrons. The summed E-state index contributed by atoms with van der Waals surface area (Å²) in [6.45, 7) is 20.9. The van der Waals surface area contributed by atoms with Crippen molar-refractivity contribution in [1.82, 2.24) is 0 Å². The van der Waals surface area contributed by atoms with E-state index in [0.717, 1.165) is 6.42 Å². The maximum atomic E-state index is 4.58. The molecule has 5 aromatic carbocycles. The normalized spacial score (nSPS) is 18.2. The van der Waals surface area contributed by atoms with Crippen molar-refractivity contribution in [1.29, 1.82) is 0 Å². The first-order valence-corrected chi connectivity index (χ1v) is 16.8. The third-order valence-corrected chi connectivity index (χ3v) is 11.4. The van der Waals surface area contributed by atoms with E-state index >= 15 is 0 Å². The number of nitrogens with zero attached hydrogens (tertiary/aromatic N) is 1. The third-order valence-electron chi connectivity index (χ3n) is 11.4. The van der Waals surface area contributed by atoms with E-state index in [0.29, 0.717) is 0 Å². The lowest BCUT2D eigenvalue weighted by Crippen LogP contribution is -2.19. The fourth-order valence-electron chi connectivity index (χ4n) is 8.63. The zero-order chi connectivity index (χ0) is 32.2. The molecule has 0 unspecified atom stereocenters. The number of hydrogen-bond donors (Lipinski definition) is 0. The summed E-state index contributed by atoms with van der Waals surface area (Å²) >= 11 is 0. The predicted octanol–water partition coefficient (Wildman–Crippen LogP) is 12.4. The molecule has 3 aliphatic rings. The van der Waals surface area contributed by atoms with Crippen LogP contribution in [0.5, 0.6) is 0 Å². The van der Waals surface area contributed by atoms with Gasteiger partial charge in [0.05, 0.1) is 0 Å². The van der Waals surface area contributed by atoms with Gasteiger partial charge in [-0.3, -0.25) is 0 Å². The molecule has 0 aliphatic heterocycles. The second-order valence-corrected chi connectivity index (χ2v) is 15.0. The largest absolute Gasteiger partial charge is 0.310 e. The molecule has 0 saturated carbocycles. The molecule has 1 nitrogen and oxygen atoms in total. The van der Waals surface area contributed by atoms with Crippen LogP contribution in [0.25, 0.3) is 27.8 Å². The first-order valence-electron chi connectivity index (χ1n) is 16.8. The molecule has 8 rings (SSSR count). The lowest BCUT2D eigenvalue weighted by atomic mass is 9.82. The van der Waals surface area contributed by atoms with Crippen LogP contribution in [0.4, 0.5) is 17.1 Å². The second kappa shape index (κ2) is 9.69. The summed E-state index contributed by atoms with van der Waals surface area (Å²) in [6, 6.07) is 39.1. The highest BCUT2D eigenvalue weighted by atomic mass is 15.1. The minimum absolute atomic E-state index is 0.0767. The van der Waals surface area contributed by atoms with Crippen LogP contribution >= 0.6 is 0 Å². The predicted molar refractivity (Wildman–Crippen MR) is 197 cm³/mol. The maximum Gasteiger partial charge on any atom is 0.0465 e. The summed E-state index contributed by atoms with van der Waals surface area (Å²) in [5, 5.41) is 0. The van der Waals surface area contributed by atoms with Crippen LogP contribution in [0.1, 0.15) is 88.3 Å². The van der Waals surface area contributed by atoms with Gasteiger partial charge in [-0.05, 0) is 110 Å². The van der Waals surface area contributed by atoms with Crippen LogP contribution in [0.15, 0.2) is 121 Å². The van der Waals surface area contributed by atoms with Gasteiger partial charge in [0.25, 0.3) is 0 Å². The lowest BCUT2D eigenvalue weighted by molar-refractivity contribution is 0.660. The van der Waals surface area contributed by atoms with Crippen molar-refractivity contribution < 1.29 is 0 Å². The van der Waals surface area contributed by atoms with E-state index in [1.54, 1.807) is 0 Å². The average molecular weight is 598 g/mol. The number of allylic oxidation sites excluding steroid dienone is 3. The van der Waals surface area contributed by atoms with E-state index in [1.165, 1.54) is 83.8 Å². The van der Waals surface area contributed by atoms with Gasteiger partial charge in [0.1, 0.15) is 0 Å². The first kappa shape index (κ1) is 28.8. The zero-order valence-corrected chi connectivity index (χ0v) is 28.3. The summed E-state index contributed by atoms with van der Waals surface area (Å²) < 4.78 is 0. The monoisotopic (exact) mass is 597 g/mol. The lowest BCUT2D eigenvalue weighted by Gasteiger charge is -2.31. The molecule has 1 heteroatoms. The van der Waals surface area contributed by atoms with Crippen molar-refractivity contribution >= 4 is 22.6 Å². The summed E-state index contributed by atoms with van der Waals surface area (Å²) in [5.41, 5.74) is 19.4. The number of hydrogen-bond acceptors (Lipinski definition) is 1. The Morgan fingerprint density at radius 3 is 1.35 bits per heavy atom. The number of benzene rings is 5. The van der Waals surface area contributed by atoms with Crippen molar-refractivity contribution in [3.8, 4) is 22.3 Å². The van der Waals surface area contributed by atoms with E-state index < -0.39 is 0 Å². The minimum Gasteiger partial charge on any atom is -0.310 e. The van der Waals surface area contributed by atoms with Crippen LogP contribution in [-0.2, 0) is 16.2 Å². The molecule has 46 heavy (non-hydrogen) atoms. The topological polar surface area (TPSA) is 3.24 Å². The molecule has 0 heterocycles. The number of fused-ring (bicyclic) bond motifs is 7. The van der Waals surface area contributed by atoms with Gasteiger partial charge in [0.2, 0.25) is 0 Å². The van der Waals surface area contributed by atoms with E-state index in [-0.39, 0.29) is 16.2 Å². The molecule has 0 atom stereocenters. The number of anilines is 3. The first-order chi connectivity index (χ1) is 22.0. The van der Waals surface area contributed by atoms with Crippen molar-refractivity contribution in [2.45, 2.75) is 71.1 Å². The van der Waals surface area contributed by atoms with Crippen LogP contribution < -0.4 is 4.90 Å². The van der Waals surface area contributed by atoms with Gasteiger partial charge in [-0.25, -0.2) is 0 Å². The van der Waals surface area contributed by atoms with Gasteiger partial charge in [0, 0.05) is 33.3 Å². The second-order valence-electron chi connectivity index (χ2n) is 15.0. The molecule has 0 amide bonds. The van der Waals surface area contributed by atoms with Crippen molar-refractivity contribution in [2.24, 2.45) is 0 Å². The summed E-state index contributed by atoms with van der Waals surface area (Å²) in [4.78, 5) is 2.49. The Bertz CT molecular complexity index is 2030. The van der Waals surface area contributed by atoms with Crippen LogP contribution in [0.2, 0.25) is 0 Å². The fraction of sp³-hybridized carbons (Fsp3) is 0.244. The van der Waals surface area contributed by atoms with Gasteiger partial charge in [-0.1, -0.05) is 128 Å². The van der Waals surface area contributed by atoms with Crippen LogP contribution in [0, 0.1) is 0 Å². The molecule has 0 radical (unpaired) electrons. The highest BCUT2D eigenvalue weighted by molar-refractivity contribution is 5.92. The van der Waals surface area contributed by atoms with Gasteiger partial charge in [0.15, 0.2) is 0 Å². The van der Waals surface area contributed by atoms with E-state index in [1.807, 2.05) is 0 Å². The highest BCUT2D eigenvalue weighted by Gasteiger charge is 2.39. The zero-order valence-electron chi connectivity index (χ0n) is 28.3. The quantitative estimate of drug-likeness (QED) is 0.199. The molecule has 5 aromatic rings. The third kappa shape index (κ3) is 3.81. The van der Waals surface area contributed by atoms with Gasteiger partial charge in [-0.2, -0.15) is 0 Å². The maximum absolute atomic E-state index is 4.58. The van der Waals surface area contributed by atoms with Crippen molar-refractivity contribution in [2.75, 3.05) is 4.90 Å². The minimum atomic E-state index is -0.138. The smallest absolute Gasteiger partial charge is 0.0465 e. The summed E-state index contributed by atoms with van der Waals surface area (Å²) in [5.74, 6) is 0. The molecule has 0 aromatic heterocycles. The Morgan fingerprint density at radius 1 is 0.500 bits per heavy atom. The molecule has 0 saturated heterocycles. The average Bonchev–Trinajstić information content (AvgIpc) is 3.51. The van der Waals surface area contributed by atoms with Crippen molar-refractivity contribution in [3.63, 3.8) is 0 Å². The summed E-state index contributed by atoms with van der Waals surface area (Å²) in [6.07, 6.45) is 3.34. The van der Waals surface area contributed by atoms with E-state index in [4.69, 9.17) is 0 Å². The standard InChI is InChI=1S/C45H43N/c1-9-14-32-28(2)43(3,4)40-25-29(19-22-35(32)40)46(30-20-23-36-33-15-10-12-17-38(33)44(5,6)41(36)26-30)31-21-24-37-34-16-11-13-18-39(34)45(7,8)42(37)27-31/h10-27H,2,9H2,1,3-8H3/b32-14+. The van der Waals surface area contributed by atoms with Crippen molar-refractivity contribution in [3.05, 3.63) is 155 Å². The molecule has 3 aliphatic carbocycles. The molecule has 0 spiro atoms. The van der Waals surface area contributed by atoms with Gasteiger partial charge in [-0.15, -0.1) is 0 Å². The Balaban J connectivity index is 1.35. The molecule has 0 N–H and O–H groups in total. The van der Waals surface area contributed by atoms with Crippen LogP contribution in [0.3, 0.4) is 0 Å². The fourth-order valence-corrected chi connectivity index (χ4v) is 8.63. The Hall–Kier alpha value is -4.62. The summed E-state index contributed by atoms with van der Waals surface area (Å²) in [7, 11) is 0. The molecule has 0 fully saturated rings. The van der Waals surface area contributed by atoms with Gasteiger partial charge >= 0.3 is 0 Å². The molecular formula is C45H43N. The van der Waals surface area contributed by atoms with E-state index in [2.05, 4.69) is 169 Å². The SMILES string of the molecule is C=C1/C(=C\CC)c2ccc(N(c3ccc4c(c3)C(C)(C)c3ccccc3-4)c3ccc4c(c3)C(C)(C)c3ccccc3-4)cc2C1(C)C. The van der Waals surface area contributed by atoms with Crippen LogP contribution in [-0.4, -0.2) is 0 Å². The van der Waals surface area contributed by atoms with E-state index in [9.17, 15) is 0 Å². The molecular weight excluding hydrogens is 555 g/mol. The Labute approximate surface area is 274 Å². The molecule has 0 bridgehead atoms. The van der Waals surface area contributed by atoms with Gasteiger partial charge < -0.3 is 4.90 Å². The number of rotatable bonds is 4.